The van der Waals surface area contributed by atoms with Crippen LogP contribution in [0.1, 0.15) is 34.9 Å². The van der Waals surface area contributed by atoms with Crippen molar-refractivity contribution >= 4 is 11.6 Å². The largest absolute Gasteiger partial charge is 0.318 e. The number of pyridine rings is 1. The van der Waals surface area contributed by atoms with E-state index in [2.05, 4.69) is 20.7 Å². The minimum absolute atomic E-state index is 0.196. The molecular weight excluding hydrogens is 266 g/mol. The number of hydrogen-bond donors (Lipinski definition) is 2. The number of aryl methyl sites for hydroxylation is 1. The molecule has 6 nitrogen and oxygen atoms in total. The lowest BCUT2D eigenvalue weighted by Crippen LogP contribution is -2.29. The molecule has 2 aromatic rings. The zero-order valence-electron chi connectivity index (χ0n) is 12.0. The van der Waals surface area contributed by atoms with Gasteiger partial charge in [-0.1, -0.05) is 6.07 Å². The van der Waals surface area contributed by atoms with Crippen LogP contribution >= 0.6 is 0 Å². The molecule has 6 heteroatoms. The molecule has 0 spiro atoms. The molecule has 1 saturated heterocycles. The first-order chi connectivity index (χ1) is 10.2. The van der Waals surface area contributed by atoms with E-state index in [1.54, 1.807) is 12.4 Å². The Morgan fingerprint density at radius 2 is 2.24 bits per heavy atom. The lowest BCUT2D eigenvalue weighted by Gasteiger charge is -2.22. The maximum atomic E-state index is 12.2. The lowest BCUT2D eigenvalue weighted by atomic mass is 10.1. The highest BCUT2D eigenvalue weighted by atomic mass is 16.1. The van der Waals surface area contributed by atoms with Crippen LogP contribution in [0.5, 0.6) is 0 Å². The van der Waals surface area contributed by atoms with Gasteiger partial charge in [-0.3, -0.25) is 14.5 Å². The van der Waals surface area contributed by atoms with Crippen LogP contribution in [0.25, 0.3) is 0 Å². The molecule has 2 aromatic heterocycles. The minimum Gasteiger partial charge on any atom is -0.318 e. The Balaban J connectivity index is 1.69. The first kappa shape index (κ1) is 13.8. The van der Waals surface area contributed by atoms with Gasteiger partial charge in [0.05, 0.1) is 17.9 Å². The van der Waals surface area contributed by atoms with Gasteiger partial charge in [-0.05, 0) is 44.5 Å². The number of rotatable bonds is 3. The summed E-state index contributed by atoms with van der Waals surface area (Å²) in [6.45, 7) is 3.90. The Bertz CT molecular complexity index is 630. The van der Waals surface area contributed by atoms with Gasteiger partial charge in [0.25, 0.3) is 5.91 Å². The molecule has 0 aliphatic carbocycles. The molecule has 110 valence electrons. The SMILES string of the molecule is Cc1cccnc1C(=O)Nc1cnn(C2CCNCC2)c1. The summed E-state index contributed by atoms with van der Waals surface area (Å²) in [6, 6.07) is 4.11. The molecular formula is C15H19N5O. The van der Waals surface area contributed by atoms with Gasteiger partial charge < -0.3 is 10.6 Å². The average molecular weight is 285 g/mol. The van der Waals surface area contributed by atoms with E-state index in [-0.39, 0.29) is 5.91 Å². The van der Waals surface area contributed by atoms with Gasteiger partial charge in [0.2, 0.25) is 0 Å². The third-order valence-corrected chi connectivity index (χ3v) is 3.77. The van der Waals surface area contributed by atoms with Crippen molar-refractivity contribution < 1.29 is 4.79 Å². The number of amides is 1. The van der Waals surface area contributed by atoms with Crippen molar-refractivity contribution in [3.8, 4) is 0 Å². The number of nitrogens with zero attached hydrogens (tertiary/aromatic N) is 3. The first-order valence-electron chi connectivity index (χ1n) is 7.22. The van der Waals surface area contributed by atoms with E-state index in [4.69, 9.17) is 0 Å². The van der Waals surface area contributed by atoms with Crippen LogP contribution in [0.4, 0.5) is 5.69 Å². The second-order valence-electron chi connectivity index (χ2n) is 5.31. The van der Waals surface area contributed by atoms with Crippen molar-refractivity contribution in [2.75, 3.05) is 18.4 Å². The summed E-state index contributed by atoms with van der Waals surface area (Å²) in [7, 11) is 0. The summed E-state index contributed by atoms with van der Waals surface area (Å²) in [5.41, 5.74) is 2.02. The Hall–Kier alpha value is -2.21. The summed E-state index contributed by atoms with van der Waals surface area (Å²) in [6.07, 6.45) is 7.34. The molecule has 1 amide bonds. The number of carbonyl (C=O) groups excluding carboxylic acids is 1. The minimum atomic E-state index is -0.196. The highest BCUT2D eigenvalue weighted by Gasteiger charge is 2.17. The normalized spacial score (nSPS) is 15.9. The standard InChI is InChI=1S/C15H19N5O/c1-11-3-2-6-17-14(11)15(21)19-12-9-18-20(10-12)13-4-7-16-8-5-13/h2-3,6,9-10,13,16H,4-5,7-8H2,1H3,(H,19,21). The fourth-order valence-corrected chi connectivity index (χ4v) is 2.59. The van der Waals surface area contributed by atoms with E-state index < -0.39 is 0 Å². The topological polar surface area (TPSA) is 71.8 Å². The fraction of sp³-hybridized carbons (Fsp3) is 0.400. The summed E-state index contributed by atoms with van der Waals surface area (Å²) in [5.74, 6) is -0.196. The fourth-order valence-electron chi connectivity index (χ4n) is 2.59. The van der Waals surface area contributed by atoms with Gasteiger partial charge >= 0.3 is 0 Å². The second kappa shape index (κ2) is 6.05. The van der Waals surface area contributed by atoms with Crippen LogP contribution in [-0.2, 0) is 0 Å². The monoisotopic (exact) mass is 285 g/mol. The van der Waals surface area contributed by atoms with Crippen molar-refractivity contribution in [1.82, 2.24) is 20.1 Å². The summed E-state index contributed by atoms with van der Waals surface area (Å²) >= 11 is 0. The smallest absolute Gasteiger partial charge is 0.274 e. The molecule has 0 saturated carbocycles. The zero-order valence-corrected chi connectivity index (χ0v) is 12.0. The van der Waals surface area contributed by atoms with Crippen molar-refractivity contribution in [3.63, 3.8) is 0 Å². The first-order valence-corrected chi connectivity index (χ1v) is 7.22. The molecule has 0 atom stereocenters. The van der Waals surface area contributed by atoms with Crippen LogP contribution in [0.2, 0.25) is 0 Å². The van der Waals surface area contributed by atoms with E-state index in [1.807, 2.05) is 29.9 Å². The number of piperidine rings is 1. The second-order valence-corrected chi connectivity index (χ2v) is 5.31. The molecule has 1 aliphatic rings. The van der Waals surface area contributed by atoms with Gasteiger partial charge in [0, 0.05) is 12.4 Å². The highest BCUT2D eigenvalue weighted by Crippen LogP contribution is 2.19. The van der Waals surface area contributed by atoms with Crippen molar-refractivity contribution in [3.05, 3.63) is 42.0 Å². The van der Waals surface area contributed by atoms with Gasteiger partial charge in [-0.25, -0.2) is 0 Å². The number of anilines is 1. The molecule has 0 unspecified atom stereocenters. The van der Waals surface area contributed by atoms with Gasteiger partial charge in [-0.15, -0.1) is 0 Å². The summed E-state index contributed by atoms with van der Waals surface area (Å²) in [5, 5.41) is 10.6. The maximum Gasteiger partial charge on any atom is 0.274 e. The van der Waals surface area contributed by atoms with Crippen LogP contribution in [0, 0.1) is 6.92 Å². The third kappa shape index (κ3) is 3.11. The molecule has 3 rings (SSSR count). The Labute approximate surface area is 123 Å². The van der Waals surface area contributed by atoms with E-state index in [0.717, 1.165) is 31.5 Å². The zero-order chi connectivity index (χ0) is 14.7. The molecule has 0 radical (unpaired) electrons. The number of nitrogens with one attached hydrogen (secondary N) is 2. The Morgan fingerprint density at radius 1 is 1.43 bits per heavy atom. The molecule has 2 N–H and O–H groups in total. The average Bonchev–Trinajstić information content (AvgIpc) is 2.97. The molecule has 1 aliphatic heterocycles. The Morgan fingerprint density at radius 3 is 3.00 bits per heavy atom. The van der Waals surface area contributed by atoms with Crippen LogP contribution < -0.4 is 10.6 Å². The van der Waals surface area contributed by atoms with Crippen LogP contribution in [-0.4, -0.2) is 33.8 Å². The molecule has 1 fully saturated rings. The van der Waals surface area contributed by atoms with E-state index in [0.29, 0.717) is 17.4 Å². The quantitative estimate of drug-likeness (QED) is 0.901. The lowest BCUT2D eigenvalue weighted by molar-refractivity contribution is 0.102. The maximum absolute atomic E-state index is 12.2. The van der Waals surface area contributed by atoms with Crippen molar-refractivity contribution in [1.29, 1.82) is 0 Å². The molecule has 21 heavy (non-hydrogen) atoms. The van der Waals surface area contributed by atoms with Crippen LogP contribution in [0.15, 0.2) is 30.7 Å². The van der Waals surface area contributed by atoms with Gasteiger partial charge in [0.1, 0.15) is 5.69 Å². The van der Waals surface area contributed by atoms with Crippen molar-refractivity contribution in [2.24, 2.45) is 0 Å². The molecule has 0 bridgehead atoms. The molecule has 3 heterocycles. The van der Waals surface area contributed by atoms with Crippen LogP contribution in [0.3, 0.4) is 0 Å². The summed E-state index contributed by atoms with van der Waals surface area (Å²) < 4.78 is 1.95. The number of hydrogen-bond acceptors (Lipinski definition) is 4. The van der Waals surface area contributed by atoms with Gasteiger partial charge in [-0.2, -0.15) is 5.10 Å². The van der Waals surface area contributed by atoms with Crippen molar-refractivity contribution in [2.45, 2.75) is 25.8 Å². The van der Waals surface area contributed by atoms with E-state index in [9.17, 15) is 4.79 Å². The van der Waals surface area contributed by atoms with E-state index in [1.165, 1.54) is 0 Å². The van der Waals surface area contributed by atoms with Gasteiger partial charge in [0.15, 0.2) is 0 Å². The van der Waals surface area contributed by atoms with E-state index >= 15 is 0 Å². The highest BCUT2D eigenvalue weighted by molar-refractivity contribution is 6.03. The predicted octanol–water partition coefficient (Wildman–Crippen LogP) is 1.76. The summed E-state index contributed by atoms with van der Waals surface area (Å²) in [4.78, 5) is 16.3. The number of aromatic nitrogens is 3. The number of carbonyl (C=O) groups is 1. The Kier molecular flexibility index (Phi) is 3.96. The predicted molar refractivity (Wildman–Crippen MR) is 80.3 cm³/mol. The third-order valence-electron chi connectivity index (χ3n) is 3.77. The molecule has 0 aromatic carbocycles.